The fourth-order valence-corrected chi connectivity index (χ4v) is 3.20. The highest BCUT2D eigenvalue weighted by Crippen LogP contribution is 2.30. The van der Waals surface area contributed by atoms with Gasteiger partial charge in [-0.1, -0.05) is 53.7 Å². The largest absolute Gasteiger partial charge is 0.489 e. The lowest BCUT2D eigenvalue weighted by Crippen LogP contribution is -2.33. The van der Waals surface area contributed by atoms with Gasteiger partial charge in [-0.2, -0.15) is 5.26 Å². The number of carbonyl (C=O) groups is 1. The highest BCUT2D eigenvalue weighted by atomic mass is 16.7. The number of amides is 2. The van der Waals surface area contributed by atoms with E-state index in [2.05, 4.69) is 20.8 Å². The summed E-state index contributed by atoms with van der Waals surface area (Å²) in [5.74, 6) is 0.782. The van der Waals surface area contributed by atoms with Crippen molar-refractivity contribution in [2.75, 3.05) is 18.5 Å². The molecule has 8 nitrogen and oxygen atoms in total. The number of hydrogen-bond donors (Lipinski definition) is 2. The molecule has 1 aromatic heterocycles. The second kappa shape index (κ2) is 10.1. The zero-order chi connectivity index (χ0) is 22.2. The third kappa shape index (κ3) is 5.40. The highest BCUT2D eigenvalue weighted by molar-refractivity contribution is 5.94. The number of carbonyl (C=O) groups excluding carboxylic acids is 1. The fraction of sp³-hybridized carbons (Fsp3) is 0.167. The minimum atomic E-state index is -0.393. The topological polar surface area (TPSA) is 109 Å². The monoisotopic (exact) mass is 427 g/mol. The highest BCUT2D eigenvalue weighted by Gasteiger charge is 2.22. The Bertz CT molecular complexity index is 1140. The van der Waals surface area contributed by atoms with Crippen LogP contribution in [0.15, 0.2) is 78.1 Å². The molecule has 1 aliphatic rings. The van der Waals surface area contributed by atoms with Crippen LogP contribution in [0, 0.1) is 11.3 Å². The first-order valence-electron chi connectivity index (χ1n) is 10.1. The Hall–Kier alpha value is -4.38. The average molecular weight is 427 g/mol. The first-order chi connectivity index (χ1) is 15.7. The van der Waals surface area contributed by atoms with E-state index in [1.807, 2.05) is 60.7 Å². The summed E-state index contributed by atoms with van der Waals surface area (Å²) in [6, 6.07) is 22.6. The number of ether oxygens (including phenoxy) is 1. The smallest absolute Gasteiger partial charge is 0.319 e. The number of aromatic nitrogens is 1. The Morgan fingerprint density at radius 1 is 1.12 bits per heavy atom. The number of benzene rings is 2. The van der Waals surface area contributed by atoms with Gasteiger partial charge in [0.1, 0.15) is 24.1 Å². The molecule has 1 atom stereocenters. The van der Waals surface area contributed by atoms with Gasteiger partial charge in [-0.15, -0.1) is 0 Å². The van der Waals surface area contributed by atoms with Crippen molar-refractivity contribution in [1.29, 1.82) is 5.26 Å². The summed E-state index contributed by atoms with van der Waals surface area (Å²) in [7, 11) is 0. The van der Waals surface area contributed by atoms with E-state index in [1.165, 1.54) is 12.3 Å². The number of para-hydroxylation sites is 1. The summed E-state index contributed by atoms with van der Waals surface area (Å²) < 4.78 is 6.02. The first kappa shape index (κ1) is 20.9. The molecule has 3 aromatic rings. The number of hydrogen-bond acceptors (Lipinski definition) is 6. The van der Waals surface area contributed by atoms with E-state index in [-0.39, 0.29) is 18.3 Å². The Morgan fingerprint density at radius 3 is 2.72 bits per heavy atom. The van der Waals surface area contributed by atoms with Gasteiger partial charge < -0.3 is 20.2 Å². The Kier molecular flexibility index (Phi) is 6.58. The number of nitrogens with zero attached hydrogens (tertiary/aromatic N) is 3. The van der Waals surface area contributed by atoms with E-state index < -0.39 is 6.03 Å². The molecule has 160 valence electrons. The van der Waals surface area contributed by atoms with Crippen molar-refractivity contribution in [2.45, 2.75) is 12.5 Å². The molecule has 0 spiro atoms. The lowest BCUT2D eigenvalue weighted by molar-refractivity contribution is 0.0472. The third-order valence-corrected chi connectivity index (χ3v) is 4.78. The summed E-state index contributed by atoms with van der Waals surface area (Å²) in [6.45, 7) is 0.604. The molecular weight excluding hydrogens is 406 g/mol. The van der Waals surface area contributed by atoms with Crippen molar-refractivity contribution in [3.8, 4) is 22.9 Å². The van der Waals surface area contributed by atoms with Crippen molar-refractivity contribution in [3.05, 3.63) is 78.6 Å². The third-order valence-electron chi connectivity index (χ3n) is 4.78. The molecule has 0 bridgehead atoms. The molecule has 0 radical (unpaired) electrons. The van der Waals surface area contributed by atoms with E-state index in [1.54, 1.807) is 6.07 Å². The van der Waals surface area contributed by atoms with Gasteiger partial charge in [-0.25, -0.2) is 9.78 Å². The Balaban J connectivity index is 1.23. The van der Waals surface area contributed by atoms with Crippen LogP contribution < -0.4 is 15.4 Å². The zero-order valence-electron chi connectivity index (χ0n) is 17.2. The normalized spacial score (nSPS) is 14.6. The second-order valence-corrected chi connectivity index (χ2v) is 7.11. The number of urea groups is 1. The van der Waals surface area contributed by atoms with E-state index in [0.29, 0.717) is 18.7 Å². The van der Waals surface area contributed by atoms with Crippen molar-refractivity contribution in [3.63, 3.8) is 0 Å². The maximum atomic E-state index is 12.1. The van der Waals surface area contributed by atoms with E-state index in [9.17, 15) is 4.79 Å². The summed E-state index contributed by atoms with van der Waals surface area (Å²) in [4.78, 5) is 21.4. The fourth-order valence-electron chi connectivity index (χ4n) is 3.20. The lowest BCUT2D eigenvalue weighted by Gasteiger charge is -2.14. The number of nitrogens with one attached hydrogen (secondary N) is 2. The number of anilines is 1. The van der Waals surface area contributed by atoms with Gasteiger partial charge in [0.25, 0.3) is 0 Å². The zero-order valence-corrected chi connectivity index (χ0v) is 17.2. The second-order valence-electron chi connectivity index (χ2n) is 7.11. The van der Waals surface area contributed by atoms with Crippen LogP contribution in [0.25, 0.3) is 11.1 Å². The van der Waals surface area contributed by atoms with Crippen LogP contribution in [-0.4, -0.2) is 36.0 Å². The molecule has 2 N–H and O–H groups in total. The number of pyridine rings is 1. The molecule has 0 saturated carbocycles. The van der Waals surface area contributed by atoms with Crippen LogP contribution in [0.1, 0.15) is 12.1 Å². The van der Waals surface area contributed by atoms with E-state index >= 15 is 0 Å². The van der Waals surface area contributed by atoms with Gasteiger partial charge >= 0.3 is 6.03 Å². The minimum Gasteiger partial charge on any atom is -0.489 e. The van der Waals surface area contributed by atoms with Crippen LogP contribution in [0.4, 0.5) is 10.5 Å². The molecule has 8 heteroatoms. The Labute approximate surface area is 185 Å². The number of nitriles is 1. The van der Waals surface area contributed by atoms with Gasteiger partial charge in [0.15, 0.2) is 6.10 Å². The van der Waals surface area contributed by atoms with Gasteiger partial charge in [-0.3, -0.25) is 0 Å². The quantitative estimate of drug-likeness (QED) is 0.593. The van der Waals surface area contributed by atoms with E-state index in [0.717, 1.165) is 22.6 Å². The summed E-state index contributed by atoms with van der Waals surface area (Å²) in [5, 5.41) is 18.2. The summed E-state index contributed by atoms with van der Waals surface area (Å²) in [6.07, 6.45) is 1.77. The number of rotatable bonds is 7. The van der Waals surface area contributed by atoms with Crippen molar-refractivity contribution >= 4 is 17.4 Å². The molecule has 1 unspecified atom stereocenters. The predicted molar refractivity (Wildman–Crippen MR) is 120 cm³/mol. The van der Waals surface area contributed by atoms with Gasteiger partial charge in [0.05, 0.1) is 24.1 Å². The van der Waals surface area contributed by atoms with Crippen LogP contribution in [0.3, 0.4) is 0 Å². The predicted octanol–water partition coefficient (Wildman–Crippen LogP) is 3.97. The van der Waals surface area contributed by atoms with Crippen LogP contribution in [0.2, 0.25) is 0 Å². The molecule has 0 fully saturated rings. The molecule has 32 heavy (non-hydrogen) atoms. The van der Waals surface area contributed by atoms with Gasteiger partial charge in [0.2, 0.25) is 0 Å². The molecule has 2 heterocycles. The molecule has 2 aromatic carbocycles. The first-order valence-corrected chi connectivity index (χ1v) is 10.1. The molecular formula is C24H21N5O3. The van der Waals surface area contributed by atoms with Crippen molar-refractivity contribution in [1.82, 2.24) is 10.3 Å². The lowest BCUT2D eigenvalue weighted by atomic mass is 10.0. The summed E-state index contributed by atoms with van der Waals surface area (Å²) in [5.41, 5.74) is 3.61. The maximum Gasteiger partial charge on any atom is 0.319 e. The molecule has 0 aliphatic carbocycles. The van der Waals surface area contributed by atoms with Gasteiger partial charge in [-0.05, 0) is 23.8 Å². The summed E-state index contributed by atoms with van der Waals surface area (Å²) >= 11 is 0. The van der Waals surface area contributed by atoms with E-state index in [4.69, 9.17) is 14.8 Å². The van der Waals surface area contributed by atoms with Crippen molar-refractivity contribution in [2.24, 2.45) is 5.16 Å². The van der Waals surface area contributed by atoms with Gasteiger partial charge in [0, 0.05) is 12.0 Å². The minimum absolute atomic E-state index is 0.221. The van der Waals surface area contributed by atoms with Crippen LogP contribution >= 0.6 is 0 Å². The molecule has 1 aliphatic heterocycles. The Morgan fingerprint density at radius 2 is 1.94 bits per heavy atom. The molecule has 4 rings (SSSR count). The molecule has 0 saturated heterocycles. The SMILES string of the molecule is N#Cc1ccc(NC(=O)NCC2=NOC(COc3ccccc3-c3ccccc3)C2)cn1. The maximum absolute atomic E-state index is 12.1. The molecule has 2 amide bonds. The van der Waals surface area contributed by atoms with Crippen LogP contribution in [0.5, 0.6) is 5.75 Å². The number of oxime groups is 1. The van der Waals surface area contributed by atoms with Crippen molar-refractivity contribution < 1.29 is 14.4 Å². The van der Waals surface area contributed by atoms with Crippen LogP contribution in [-0.2, 0) is 4.84 Å². The average Bonchev–Trinajstić information content (AvgIpc) is 3.30. The standard InChI is InChI=1S/C24H21N5O3/c25-13-18-10-11-19(14-26-18)28-24(30)27-15-20-12-21(32-29-20)16-31-23-9-5-4-8-22(23)17-6-2-1-3-7-17/h1-11,14,21H,12,15-16H2,(H2,27,28,30).